The molecule has 1 atom stereocenters. The van der Waals surface area contributed by atoms with E-state index in [-0.39, 0.29) is 0 Å². The Balaban J connectivity index is 2.44. The average Bonchev–Trinajstić information content (AvgIpc) is 2.44. The van der Waals surface area contributed by atoms with E-state index in [1.807, 2.05) is 12.2 Å². The Hall–Kier alpha value is -1.33. The van der Waals surface area contributed by atoms with Gasteiger partial charge in [-0.05, 0) is 24.3 Å². The van der Waals surface area contributed by atoms with Gasteiger partial charge in [-0.2, -0.15) is 0 Å². The van der Waals surface area contributed by atoms with Crippen molar-refractivity contribution in [3.8, 4) is 0 Å². The molecule has 0 radical (unpaired) electrons. The van der Waals surface area contributed by atoms with Gasteiger partial charge in [0.2, 0.25) is 0 Å². The van der Waals surface area contributed by atoms with Crippen molar-refractivity contribution in [2.24, 2.45) is 11.8 Å². The molecule has 20 heavy (non-hydrogen) atoms. The first-order valence-electron chi connectivity index (χ1n) is 7.77. The van der Waals surface area contributed by atoms with Gasteiger partial charge < -0.3 is 4.74 Å². The van der Waals surface area contributed by atoms with Gasteiger partial charge in [0.15, 0.2) is 0 Å². The molecule has 0 saturated carbocycles. The van der Waals surface area contributed by atoms with Crippen LogP contribution < -0.4 is 0 Å². The number of hydrogen-bond acceptors (Lipinski definition) is 1. The Bertz CT molecular complexity index is 396. The summed E-state index contributed by atoms with van der Waals surface area (Å²) in [6.07, 6.45) is 15.5. The van der Waals surface area contributed by atoms with Crippen molar-refractivity contribution >= 4 is 0 Å². The standard InChI is InChI=1S/C19H29O/c1-6-17-14-19(20-5)13-12-18(17)11-10-16(4)9-7-8-15(2)3/h6,12,14-16H,1,7-11H2,2-5H3/q+1. The van der Waals surface area contributed by atoms with E-state index in [9.17, 15) is 0 Å². The summed E-state index contributed by atoms with van der Waals surface area (Å²) in [6.45, 7) is 10.9. The fourth-order valence-electron chi connectivity index (χ4n) is 2.46. The quantitative estimate of drug-likeness (QED) is 0.496. The smallest absolute Gasteiger partial charge is 0.289 e. The summed E-state index contributed by atoms with van der Waals surface area (Å²) in [5.74, 6) is 2.40. The molecule has 0 aromatic heterocycles. The lowest BCUT2D eigenvalue weighted by atomic mass is 9.91. The Morgan fingerprint density at radius 1 is 1.25 bits per heavy atom. The minimum atomic E-state index is 0.786. The van der Waals surface area contributed by atoms with Crippen LogP contribution in [0.5, 0.6) is 0 Å². The summed E-state index contributed by atoms with van der Waals surface area (Å²) in [6, 6.07) is 0. The third-order valence-corrected chi connectivity index (χ3v) is 3.87. The summed E-state index contributed by atoms with van der Waals surface area (Å²) in [5, 5.41) is 0. The highest BCUT2D eigenvalue weighted by molar-refractivity contribution is 5.45. The van der Waals surface area contributed by atoms with Crippen LogP contribution in [0.15, 0.2) is 41.7 Å². The van der Waals surface area contributed by atoms with Crippen molar-refractivity contribution in [1.82, 2.24) is 0 Å². The second-order valence-electron chi connectivity index (χ2n) is 6.15. The maximum Gasteiger partial charge on any atom is 0.289 e. The second-order valence-corrected chi connectivity index (χ2v) is 6.15. The van der Waals surface area contributed by atoms with Gasteiger partial charge in [-0.15, -0.1) is 0 Å². The number of hydrogen-bond donors (Lipinski definition) is 0. The van der Waals surface area contributed by atoms with Gasteiger partial charge in [0.1, 0.15) is 12.2 Å². The molecule has 0 saturated heterocycles. The topological polar surface area (TPSA) is 9.23 Å². The normalized spacial score (nSPS) is 15.9. The molecule has 1 aliphatic carbocycles. The molecular formula is C19H29O+. The molecule has 1 aliphatic rings. The molecule has 1 nitrogen and oxygen atoms in total. The number of methoxy groups -OCH3 is 1. The van der Waals surface area contributed by atoms with Gasteiger partial charge in [0.25, 0.3) is 5.76 Å². The molecule has 0 bridgehead atoms. The molecule has 1 unspecified atom stereocenters. The third kappa shape index (κ3) is 5.75. The van der Waals surface area contributed by atoms with Gasteiger partial charge in [-0.25, -0.2) is 0 Å². The Kier molecular flexibility index (Phi) is 7.33. The first-order chi connectivity index (χ1) is 9.56. The van der Waals surface area contributed by atoms with E-state index < -0.39 is 0 Å². The minimum Gasteiger partial charge on any atom is -0.469 e. The highest BCUT2D eigenvalue weighted by atomic mass is 16.5. The SMILES string of the molecule is C=CC1=C(CCC(C)CCCC(C)C)C=[C+]C(OC)=C1. The molecule has 0 N–H and O–H groups in total. The lowest BCUT2D eigenvalue weighted by Crippen LogP contribution is -2.00. The predicted molar refractivity (Wildman–Crippen MR) is 87.2 cm³/mol. The fourth-order valence-corrected chi connectivity index (χ4v) is 2.46. The van der Waals surface area contributed by atoms with E-state index >= 15 is 0 Å². The highest BCUT2D eigenvalue weighted by Crippen LogP contribution is 2.25. The zero-order chi connectivity index (χ0) is 15.0. The molecule has 0 amide bonds. The van der Waals surface area contributed by atoms with E-state index in [0.29, 0.717) is 0 Å². The lowest BCUT2D eigenvalue weighted by Gasteiger charge is -2.12. The number of rotatable bonds is 9. The van der Waals surface area contributed by atoms with Crippen molar-refractivity contribution in [2.75, 3.05) is 7.11 Å². The molecule has 0 spiro atoms. The Labute approximate surface area is 125 Å². The van der Waals surface area contributed by atoms with Crippen LogP contribution in [0.1, 0.15) is 52.9 Å². The van der Waals surface area contributed by atoms with Gasteiger partial charge in [-0.1, -0.05) is 46.6 Å². The largest absolute Gasteiger partial charge is 0.469 e. The van der Waals surface area contributed by atoms with Crippen molar-refractivity contribution in [2.45, 2.75) is 52.9 Å². The average molecular weight is 273 g/mol. The summed E-state index contributed by atoms with van der Waals surface area (Å²) < 4.78 is 5.21. The second kappa shape index (κ2) is 8.76. The first kappa shape index (κ1) is 16.7. The zero-order valence-corrected chi connectivity index (χ0v) is 13.5. The van der Waals surface area contributed by atoms with Gasteiger partial charge in [-0.3, -0.25) is 0 Å². The first-order valence-corrected chi connectivity index (χ1v) is 7.77. The highest BCUT2D eigenvalue weighted by Gasteiger charge is 2.17. The van der Waals surface area contributed by atoms with Crippen LogP contribution in [0, 0.1) is 17.9 Å². The van der Waals surface area contributed by atoms with Crippen molar-refractivity contribution < 1.29 is 4.74 Å². The summed E-state index contributed by atoms with van der Waals surface area (Å²) in [4.78, 5) is 0. The molecular weight excluding hydrogens is 244 g/mol. The fraction of sp³-hybridized carbons (Fsp3) is 0.579. The van der Waals surface area contributed by atoms with Crippen molar-refractivity contribution in [1.29, 1.82) is 0 Å². The summed E-state index contributed by atoms with van der Waals surface area (Å²) in [5.41, 5.74) is 2.51. The van der Waals surface area contributed by atoms with E-state index in [4.69, 9.17) is 4.74 Å². The van der Waals surface area contributed by atoms with Gasteiger partial charge in [0, 0.05) is 6.42 Å². The van der Waals surface area contributed by atoms with Crippen LogP contribution in [0.3, 0.4) is 0 Å². The van der Waals surface area contributed by atoms with Crippen LogP contribution in [0.2, 0.25) is 0 Å². The molecule has 110 valence electrons. The van der Waals surface area contributed by atoms with Gasteiger partial charge in [0.05, 0.1) is 24.3 Å². The predicted octanol–water partition coefficient (Wildman–Crippen LogP) is 5.61. The third-order valence-electron chi connectivity index (χ3n) is 3.87. The summed E-state index contributed by atoms with van der Waals surface area (Å²) >= 11 is 0. The molecule has 1 rings (SSSR count). The molecule has 1 heteroatoms. The lowest BCUT2D eigenvalue weighted by molar-refractivity contribution is 0.303. The maximum absolute atomic E-state index is 5.21. The molecule has 0 fully saturated rings. The van der Waals surface area contributed by atoms with Crippen molar-refractivity contribution in [3.63, 3.8) is 0 Å². The molecule has 0 aliphatic heterocycles. The van der Waals surface area contributed by atoms with Crippen LogP contribution in [0.25, 0.3) is 0 Å². The van der Waals surface area contributed by atoms with Crippen LogP contribution in [-0.4, -0.2) is 7.11 Å². The van der Waals surface area contributed by atoms with Crippen LogP contribution >= 0.6 is 0 Å². The zero-order valence-electron chi connectivity index (χ0n) is 13.5. The van der Waals surface area contributed by atoms with Crippen molar-refractivity contribution in [3.05, 3.63) is 47.8 Å². The molecule has 0 aromatic carbocycles. The molecule has 0 heterocycles. The van der Waals surface area contributed by atoms with E-state index in [1.165, 1.54) is 36.8 Å². The van der Waals surface area contributed by atoms with Crippen LogP contribution in [-0.2, 0) is 4.74 Å². The number of allylic oxidation sites excluding steroid dienone is 6. The Morgan fingerprint density at radius 2 is 2.00 bits per heavy atom. The monoisotopic (exact) mass is 273 g/mol. The summed E-state index contributed by atoms with van der Waals surface area (Å²) in [7, 11) is 1.68. The maximum atomic E-state index is 5.21. The van der Waals surface area contributed by atoms with E-state index in [1.54, 1.807) is 7.11 Å². The number of ether oxygens (including phenoxy) is 1. The van der Waals surface area contributed by atoms with E-state index in [2.05, 4.69) is 39.5 Å². The van der Waals surface area contributed by atoms with E-state index in [0.717, 1.165) is 24.0 Å². The van der Waals surface area contributed by atoms with Gasteiger partial charge >= 0.3 is 0 Å². The molecule has 0 aromatic rings. The van der Waals surface area contributed by atoms with Crippen LogP contribution in [0.4, 0.5) is 0 Å². The minimum absolute atomic E-state index is 0.786. The Morgan fingerprint density at radius 3 is 2.60 bits per heavy atom.